The van der Waals surface area contributed by atoms with Gasteiger partial charge in [0.15, 0.2) is 0 Å². The third-order valence-corrected chi connectivity index (χ3v) is 3.21. The molecule has 0 aliphatic heterocycles. The van der Waals surface area contributed by atoms with Crippen LogP contribution in [0.15, 0.2) is 0 Å². The first-order valence-corrected chi connectivity index (χ1v) is 5.64. The van der Waals surface area contributed by atoms with E-state index < -0.39 is 0 Å². The molecule has 1 saturated carbocycles. The van der Waals surface area contributed by atoms with Crippen LogP contribution in [0.25, 0.3) is 0 Å². The van der Waals surface area contributed by atoms with Gasteiger partial charge < -0.3 is 10.4 Å². The fraction of sp³-hybridized carbons (Fsp3) is 1.00. The summed E-state index contributed by atoms with van der Waals surface area (Å²) in [5.41, 5.74) is 0. The summed E-state index contributed by atoms with van der Waals surface area (Å²) in [5.74, 6) is 0.836. The largest absolute Gasteiger partial charge is 0.395 e. The van der Waals surface area contributed by atoms with Gasteiger partial charge in [0.25, 0.3) is 0 Å². The van der Waals surface area contributed by atoms with Crippen LogP contribution >= 0.6 is 0 Å². The molecule has 78 valence electrons. The van der Waals surface area contributed by atoms with Gasteiger partial charge in [-0.15, -0.1) is 0 Å². The van der Waals surface area contributed by atoms with Gasteiger partial charge in [-0.3, -0.25) is 0 Å². The minimum atomic E-state index is 0.257. The van der Waals surface area contributed by atoms with E-state index in [4.69, 9.17) is 5.11 Å². The molecule has 0 bridgehead atoms. The average molecular weight is 185 g/mol. The van der Waals surface area contributed by atoms with Crippen molar-refractivity contribution in [3.63, 3.8) is 0 Å². The molecule has 2 nitrogen and oxygen atoms in total. The summed E-state index contributed by atoms with van der Waals surface area (Å²) in [6.07, 6.45) is 6.68. The minimum Gasteiger partial charge on any atom is -0.395 e. The van der Waals surface area contributed by atoms with Gasteiger partial charge in [0.1, 0.15) is 0 Å². The molecule has 3 atom stereocenters. The molecule has 0 saturated heterocycles. The highest BCUT2D eigenvalue weighted by molar-refractivity contribution is 4.81. The fourth-order valence-corrected chi connectivity index (χ4v) is 2.33. The van der Waals surface area contributed by atoms with E-state index in [1.54, 1.807) is 0 Å². The Balaban J connectivity index is 2.35. The van der Waals surface area contributed by atoms with Crippen LogP contribution in [0, 0.1) is 5.92 Å². The first-order valence-electron chi connectivity index (χ1n) is 5.64. The molecule has 1 aliphatic carbocycles. The smallest absolute Gasteiger partial charge is 0.0582 e. The molecule has 0 aromatic heterocycles. The third-order valence-electron chi connectivity index (χ3n) is 3.21. The molecule has 0 unspecified atom stereocenters. The van der Waals surface area contributed by atoms with E-state index in [-0.39, 0.29) is 12.6 Å². The van der Waals surface area contributed by atoms with E-state index >= 15 is 0 Å². The zero-order chi connectivity index (χ0) is 9.68. The SMILES string of the molecule is CC[C@@H]1CCCC[C@@H]1N[C@@H](C)CO. The minimum absolute atomic E-state index is 0.257. The van der Waals surface area contributed by atoms with Crippen molar-refractivity contribution in [2.24, 2.45) is 5.92 Å². The predicted molar refractivity (Wildman–Crippen MR) is 55.7 cm³/mol. The predicted octanol–water partition coefficient (Wildman–Crippen LogP) is 1.93. The number of rotatable bonds is 4. The molecule has 13 heavy (non-hydrogen) atoms. The highest BCUT2D eigenvalue weighted by Gasteiger charge is 2.24. The molecule has 2 heteroatoms. The second kappa shape index (κ2) is 5.61. The topological polar surface area (TPSA) is 32.3 Å². The zero-order valence-corrected chi connectivity index (χ0v) is 8.92. The van der Waals surface area contributed by atoms with Gasteiger partial charge in [0.05, 0.1) is 6.61 Å². The summed E-state index contributed by atoms with van der Waals surface area (Å²) in [7, 11) is 0. The van der Waals surface area contributed by atoms with Crippen molar-refractivity contribution >= 4 is 0 Å². The molecule has 1 rings (SSSR count). The van der Waals surface area contributed by atoms with Crippen molar-refractivity contribution in [3.8, 4) is 0 Å². The van der Waals surface area contributed by atoms with E-state index in [1.807, 2.05) is 0 Å². The molecule has 0 radical (unpaired) electrons. The summed E-state index contributed by atoms with van der Waals surface area (Å²) in [4.78, 5) is 0. The number of aliphatic hydroxyl groups is 1. The molecule has 0 heterocycles. The third kappa shape index (κ3) is 3.28. The summed E-state index contributed by atoms with van der Waals surface area (Å²) in [6.45, 7) is 4.59. The van der Waals surface area contributed by atoms with Crippen LogP contribution in [0.1, 0.15) is 46.0 Å². The van der Waals surface area contributed by atoms with Crippen molar-refractivity contribution in [2.45, 2.75) is 58.0 Å². The van der Waals surface area contributed by atoms with Crippen LogP contribution in [0.5, 0.6) is 0 Å². The molecule has 0 aromatic rings. The lowest BCUT2D eigenvalue weighted by Gasteiger charge is -2.33. The van der Waals surface area contributed by atoms with Crippen LogP contribution in [0.3, 0.4) is 0 Å². The highest BCUT2D eigenvalue weighted by atomic mass is 16.3. The van der Waals surface area contributed by atoms with Crippen LogP contribution in [-0.4, -0.2) is 23.8 Å². The summed E-state index contributed by atoms with van der Waals surface area (Å²) in [6, 6.07) is 0.915. The number of nitrogens with one attached hydrogen (secondary N) is 1. The molecule has 1 aliphatic rings. The van der Waals surface area contributed by atoms with Crippen LogP contribution in [-0.2, 0) is 0 Å². The normalized spacial score (nSPS) is 31.6. The molecule has 0 aromatic carbocycles. The second-order valence-corrected chi connectivity index (χ2v) is 4.31. The van der Waals surface area contributed by atoms with Gasteiger partial charge in [-0.05, 0) is 25.7 Å². The van der Waals surface area contributed by atoms with Crippen LogP contribution in [0.4, 0.5) is 0 Å². The van der Waals surface area contributed by atoms with Gasteiger partial charge >= 0.3 is 0 Å². The van der Waals surface area contributed by atoms with E-state index in [0.29, 0.717) is 6.04 Å². The number of aliphatic hydroxyl groups excluding tert-OH is 1. The van der Waals surface area contributed by atoms with Crippen molar-refractivity contribution in [2.75, 3.05) is 6.61 Å². The number of hydrogen-bond donors (Lipinski definition) is 2. The Bertz CT molecular complexity index is 138. The van der Waals surface area contributed by atoms with Crippen LogP contribution < -0.4 is 5.32 Å². The van der Waals surface area contributed by atoms with E-state index in [9.17, 15) is 0 Å². The standard InChI is InChI=1S/C11H23NO/c1-3-10-6-4-5-7-11(10)12-9(2)8-13/h9-13H,3-8H2,1-2H3/t9-,10+,11-/m0/s1. The maximum absolute atomic E-state index is 8.96. The summed E-state index contributed by atoms with van der Waals surface area (Å²) in [5, 5.41) is 12.5. The van der Waals surface area contributed by atoms with Crippen molar-refractivity contribution in [1.82, 2.24) is 5.32 Å². The van der Waals surface area contributed by atoms with Gasteiger partial charge in [0, 0.05) is 12.1 Å². The van der Waals surface area contributed by atoms with Gasteiger partial charge in [-0.2, -0.15) is 0 Å². The van der Waals surface area contributed by atoms with Crippen molar-refractivity contribution in [1.29, 1.82) is 0 Å². The highest BCUT2D eigenvalue weighted by Crippen LogP contribution is 2.26. The first-order chi connectivity index (χ1) is 6.27. The van der Waals surface area contributed by atoms with Gasteiger partial charge in [0.2, 0.25) is 0 Å². The number of hydrogen-bond acceptors (Lipinski definition) is 2. The van der Waals surface area contributed by atoms with Gasteiger partial charge in [-0.1, -0.05) is 26.2 Å². The summed E-state index contributed by atoms with van der Waals surface area (Å²) >= 11 is 0. The fourth-order valence-electron chi connectivity index (χ4n) is 2.33. The monoisotopic (exact) mass is 185 g/mol. The lowest BCUT2D eigenvalue weighted by atomic mass is 9.82. The average Bonchev–Trinajstić information content (AvgIpc) is 2.18. The molecule has 0 spiro atoms. The quantitative estimate of drug-likeness (QED) is 0.701. The molecular formula is C11H23NO. The van der Waals surface area contributed by atoms with Crippen molar-refractivity contribution in [3.05, 3.63) is 0 Å². The first kappa shape index (κ1) is 11.0. The Labute approximate surface area is 81.7 Å². The molecular weight excluding hydrogens is 162 g/mol. The Morgan fingerprint density at radius 1 is 1.38 bits per heavy atom. The maximum atomic E-state index is 8.96. The van der Waals surface area contributed by atoms with Crippen LogP contribution in [0.2, 0.25) is 0 Å². The maximum Gasteiger partial charge on any atom is 0.0582 e. The zero-order valence-electron chi connectivity index (χ0n) is 8.92. The van der Waals surface area contributed by atoms with E-state index in [0.717, 1.165) is 5.92 Å². The Morgan fingerprint density at radius 2 is 2.08 bits per heavy atom. The lowest BCUT2D eigenvalue weighted by molar-refractivity contribution is 0.194. The molecule has 1 fully saturated rings. The Hall–Kier alpha value is -0.0800. The molecule has 2 N–H and O–H groups in total. The van der Waals surface area contributed by atoms with Gasteiger partial charge in [-0.25, -0.2) is 0 Å². The molecule has 0 amide bonds. The summed E-state index contributed by atoms with van der Waals surface area (Å²) < 4.78 is 0. The van der Waals surface area contributed by atoms with Crippen molar-refractivity contribution < 1.29 is 5.11 Å². The van der Waals surface area contributed by atoms with E-state index in [2.05, 4.69) is 19.2 Å². The van der Waals surface area contributed by atoms with E-state index in [1.165, 1.54) is 32.1 Å². The Morgan fingerprint density at radius 3 is 2.69 bits per heavy atom. The lowest BCUT2D eigenvalue weighted by Crippen LogP contribution is -2.44. The second-order valence-electron chi connectivity index (χ2n) is 4.31. The Kier molecular flexibility index (Phi) is 4.74.